The lowest BCUT2D eigenvalue weighted by molar-refractivity contribution is 0.132. The summed E-state index contributed by atoms with van der Waals surface area (Å²) in [7, 11) is 0. The van der Waals surface area contributed by atoms with Crippen LogP contribution in [0.2, 0.25) is 5.02 Å². The Balaban J connectivity index is 2.37. The van der Waals surface area contributed by atoms with Gasteiger partial charge in [-0.2, -0.15) is 0 Å². The van der Waals surface area contributed by atoms with E-state index in [0.717, 1.165) is 6.42 Å². The monoisotopic (exact) mass is 243 g/mol. The first-order valence-corrected chi connectivity index (χ1v) is 5.64. The van der Waals surface area contributed by atoms with Gasteiger partial charge in [-0.3, -0.25) is 0 Å². The van der Waals surface area contributed by atoms with Gasteiger partial charge in [-0.15, -0.1) is 0 Å². The van der Waals surface area contributed by atoms with Crippen molar-refractivity contribution in [3.8, 4) is 0 Å². The van der Waals surface area contributed by atoms with Crippen LogP contribution in [-0.2, 0) is 0 Å². The summed E-state index contributed by atoms with van der Waals surface area (Å²) in [5.41, 5.74) is 0.113. The highest BCUT2D eigenvalue weighted by Crippen LogP contribution is 2.20. The third-order valence-electron chi connectivity index (χ3n) is 1.96. The molecule has 0 fully saturated rings. The normalized spacial score (nSPS) is 13.6. The van der Waals surface area contributed by atoms with E-state index in [1.54, 1.807) is 0 Å². The van der Waals surface area contributed by atoms with Gasteiger partial charge in [-0.05, 0) is 11.8 Å². The molecule has 1 aromatic heterocycles. The van der Waals surface area contributed by atoms with Gasteiger partial charge in [-0.1, -0.05) is 32.4 Å². The van der Waals surface area contributed by atoms with Crippen LogP contribution >= 0.6 is 11.6 Å². The Morgan fingerprint density at radius 1 is 1.38 bits per heavy atom. The minimum Gasteiger partial charge on any atom is -0.391 e. The number of hydrogen-bond donors (Lipinski definition) is 2. The van der Waals surface area contributed by atoms with E-state index in [2.05, 4.69) is 36.1 Å². The van der Waals surface area contributed by atoms with Crippen LogP contribution in [-0.4, -0.2) is 27.7 Å². The zero-order valence-electron chi connectivity index (χ0n) is 9.87. The second kappa shape index (κ2) is 5.46. The molecule has 0 aromatic carbocycles. The first kappa shape index (κ1) is 13.2. The van der Waals surface area contributed by atoms with E-state index in [0.29, 0.717) is 17.5 Å². The van der Waals surface area contributed by atoms with Crippen molar-refractivity contribution in [1.82, 2.24) is 9.97 Å². The molecule has 1 rings (SSSR count). The van der Waals surface area contributed by atoms with Crippen LogP contribution in [0.5, 0.6) is 0 Å². The maximum absolute atomic E-state index is 9.76. The summed E-state index contributed by atoms with van der Waals surface area (Å²) in [6.45, 7) is 6.72. The zero-order chi connectivity index (χ0) is 12.2. The Morgan fingerprint density at radius 3 is 2.44 bits per heavy atom. The summed E-state index contributed by atoms with van der Waals surface area (Å²) >= 11 is 5.66. The van der Waals surface area contributed by atoms with Crippen molar-refractivity contribution in [3.63, 3.8) is 0 Å². The number of rotatable bonds is 4. The Hall–Kier alpha value is -0.870. The number of anilines is 1. The third kappa shape index (κ3) is 5.28. The van der Waals surface area contributed by atoms with E-state index in [1.165, 1.54) is 12.4 Å². The largest absolute Gasteiger partial charge is 0.391 e. The summed E-state index contributed by atoms with van der Waals surface area (Å²) in [5.74, 6) is 0.484. The van der Waals surface area contributed by atoms with E-state index in [-0.39, 0.29) is 5.41 Å². The van der Waals surface area contributed by atoms with E-state index in [9.17, 15) is 5.11 Å². The molecular formula is C11H18ClN3O. The fourth-order valence-corrected chi connectivity index (χ4v) is 1.49. The number of nitrogens with one attached hydrogen (secondary N) is 1. The number of nitrogens with zero attached hydrogens (tertiary/aromatic N) is 2. The summed E-state index contributed by atoms with van der Waals surface area (Å²) in [6, 6.07) is 0. The molecule has 0 saturated heterocycles. The SMILES string of the molecule is CC(C)(C)CC(O)CNc1ncc(Cl)cn1. The van der Waals surface area contributed by atoms with E-state index in [4.69, 9.17) is 11.6 Å². The molecule has 1 heterocycles. The van der Waals surface area contributed by atoms with Crippen LogP contribution in [0.4, 0.5) is 5.95 Å². The van der Waals surface area contributed by atoms with Crippen LogP contribution in [0.1, 0.15) is 27.2 Å². The van der Waals surface area contributed by atoms with Crippen molar-refractivity contribution < 1.29 is 5.11 Å². The second-order valence-electron chi connectivity index (χ2n) is 5.02. The van der Waals surface area contributed by atoms with E-state index in [1.807, 2.05) is 0 Å². The molecule has 0 aliphatic carbocycles. The number of halogens is 1. The number of aromatic nitrogens is 2. The Morgan fingerprint density at radius 2 is 1.94 bits per heavy atom. The van der Waals surface area contributed by atoms with Crippen molar-refractivity contribution in [3.05, 3.63) is 17.4 Å². The average Bonchev–Trinajstić information content (AvgIpc) is 2.14. The molecule has 0 aliphatic rings. The topological polar surface area (TPSA) is 58.0 Å². The smallest absolute Gasteiger partial charge is 0.222 e. The molecule has 1 atom stereocenters. The molecule has 90 valence electrons. The zero-order valence-corrected chi connectivity index (χ0v) is 10.6. The van der Waals surface area contributed by atoms with Crippen LogP contribution in [0.25, 0.3) is 0 Å². The Kier molecular flexibility index (Phi) is 4.50. The molecule has 2 N–H and O–H groups in total. The first-order valence-electron chi connectivity index (χ1n) is 5.26. The minimum absolute atomic E-state index is 0.113. The van der Waals surface area contributed by atoms with Crippen molar-refractivity contribution >= 4 is 17.5 Å². The van der Waals surface area contributed by atoms with E-state index < -0.39 is 6.10 Å². The standard InChI is InChI=1S/C11H18ClN3O/c1-11(2,3)4-9(16)7-15-10-13-5-8(12)6-14-10/h5-6,9,16H,4,7H2,1-3H3,(H,13,14,15). The molecule has 16 heavy (non-hydrogen) atoms. The number of aliphatic hydroxyl groups is 1. The predicted octanol–water partition coefficient (Wildman–Crippen LogP) is 2.34. The summed E-state index contributed by atoms with van der Waals surface area (Å²) in [4.78, 5) is 7.96. The fourth-order valence-electron chi connectivity index (χ4n) is 1.39. The average molecular weight is 244 g/mol. The van der Waals surface area contributed by atoms with Gasteiger partial charge in [0.2, 0.25) is 5.95 Å². The van der Waals surface area contributed by atoms with Crippen LogP contribution in [0, 0.1) is 5.41 Å². The van der Waals surface area contributed by atoms with Crippen LogP contribution in [0.3, 0.4) is 0 Å². The van der Waals surface area contributed by atoms with Gasteiger partial charge in [0, 0.05) is 6.54 Å². The molecule has 0 radical (unpaired) electrons. The molecule has 4 nitrogen and oxygen atoms in total. The molecule has 0 saturated carbocycles. The van der Waals surface area contributed by atoms with Gasteiger partial charge in [0.25, 0.3) is 0 Å². The van der Waals surface area contributed by atoms with E-state index >= 15 is 0 Å². The van der Waals surface area contributed by atoms with Crippen molar-refractivity contribution in [2.24, 2.45) is 5.41 Å². The molecule has 5 heteroatoms. The highest BCUT2D eigenvalue weighted by molar-refractivity contribution is 6.30. The van der Waals surface area contributed by atoms with Gasteiger partial charge in [0.15, 0.2) is 0 Å². The summed E-state index contributed by atoms with van der Waals surface area (Å²) in [6.07, 6.45) is 3.37. The molecule has 0 amide bonds. The van der Waals surface area contributed by atoms with Gasteiger partial charge in [0.05, 0.1) is 23.5 Å². The van der Waals surface area contributed by atoms with Gasteiger partial charge < -0.3 is 10.4 Å². The summed E-state index contributed by atoms with van der Waals surface area (Å²) < 4.78 is 0. The number of hydrogen-bond acceptors (Lipinski definition) is 4. The molecule has 0 aliphatic heterocycles. The van der Waals surface area contributed by atoms with Crippen molar-refractivity contribution in [2.45, 2.75) is 33.3 Å². The van der Waals surface area contributed by atoms with Gasteiger partial charge in [0.1, 0.15) is 0 Å². The Bertz CT molecular complexity index is 321. The first-order chi connectivity index (χ1) is 7.37. The van der Waals surface area contributed by atoms with Gasteiger partial charge >= 0.3 is 0 Å². The van der Waals surface area contributed by atoms with Gasteiger partial charge in [-0.25, -0.2) is 9.97 Å². The highest BCUT2D eigenvalue weighted by atomic mass is 35.5. The van der Waals surface area contributed by atoms with Crippen molar-refractivity contribution in [2.75, 3.05) is 11.9 Å². The highest BCUT2D eigenvalue weighted by Gasteiger charge is 2.16. The number of aliphatic hydroxyl groups excluding tert-OH is 1. The molecule has 1 unspecified atom stereocenters. The van der Waals surface area contributed by atoms with Crippen LogP contribution < -0.4 is 5.32 Å². The Labute approximate surface area is 101 Å². The predicted molar refractivity (Wildman–Crippen MR) is 65.6 cm³/mol. The van der Waals surface area contributed by atoms with Crippen LogP contribution in [0.15, 0.2) is 12.4 Å². The molecular weight excluding hydrogens is 226 g/mol. The lowest BCUT2D eigenvalue weighted by Crippen LogP contribution is -2.25. The quantitative estimate of drug-likeness (QED) is 0.852. The fraction of sp³-hybridized carbons (Fsp3) is 0.636. The molecule has 1 aromatic rings. The lowest BCUT2D eigenvalue weighted by atomic mass is 9.89. The second-order valence-corrected chi connectivity index (χ2v) is 5.46. The summed E-state index contributed by atoms with van der Waals surface area (Å²) in [5, 5.41) is 13.2. The third-order valence-corrected chi connectivity index (χ3v) is 2.16. The maximum Gasteiger partial charge on any atom is 0.222 e. The minimum atomic E-state index is -0.403. The maximum atomic E-state index is 9.76. The molecule has 0 spiro atoms. The van der Waals surface area contributed by atoms with Crippen molar-refractivity contribution in [1.29, 1.82) is 0 Å². The lowest BCUT2D eigenvalue weighted by Gasteiger charge is -2.22. The molecule has 0 bridgehead atoms.